The summed E-state index contributed by atoms with van der Waals surface area (Å²) in [6, 6.07) is 0. The molecule has 0 amide bonds. The Bertz CT molecular complexity index is 203. The molecule has 2 aliphatic carbocycles. The van der Waals surface area contributed by atoms with Crippen LogP contribution in [0.2, 0.25) is 0 Å². The molecule has 0 spiro atoms. The predicted octanol–water partition coefficient (Wildman–Crippen LogP) is 1.56. The average molecular weight is 150 g/mol. The lowest BCUT2D eigenvalue weighted by molar-refractivity contribution is 0.000156. The van der Waals surface area contributed by atoms with Gasteiger partial charge in [-0.2, -0.15) is 0 Å². The van der Waals surface area contributed by atoms with Crippen molar-refractivity contribution >= 4 is 0 Å². The van der Waals surface area contributed by atoms with Gasteiger partial charge in [0.25, 0.3) is 0 Å². The molecule has 0 aromatic heterocycles. The largest absolute Gasteiger partial charge is 0.388 e. The van der Waals surface area contributed by atoms with Gasteiger partial charge < -0.3 is 5.11 Å². The van der Waals surface area contributed by atoms with Crippen LogP contribution in [-0.4, -0.2) is 10.7 Å². The average Bonchev–Trinajstić information content (AvgIpc) is 2.44. The Hall–Kier alpha value is -0.480. The second kappa shape index (κ2) is 2.25. The van der Waals surface area contributed by atoms with E-state index in [1.54, 1.807) is 0 Å². The third-order valence-corrected chi connectivity index (χ3v) is 3.45. The van der Waals surface area contributed by atoms with Crippen LogP contribution in [0.3, 0.4) is 0 Å². The Labute approximate surface area is 67.8 Å². The van der Waals surface area contributed by atoms with Gasteiger partial charge in [-0.3, -0.25) is 0 Å². The maximum atomic E-state index is 10.1. The van der Waals surface area contributed by atoms with Crippen LogP contribution >= 0.6 is 0 Å². The van der Waals surface area contributed by atoms with Crippen LogP contribution in [0.25, 0.3) is 0 Å². The number of fused-ring (bicyclic) bond motifs is 1. The van der Waals surface area contributed by atoms with E-state index < -0.39 is 5.60 Å². The highest BCUT2D eigenvalue weighted by molar-refractivity contribution is 5.12. The van der Waals surface area contributed by atoms with Crippen molar-refractivity contribution in [1.82, 2.24) is 0 Å². The van der Waals surface area contributed by atoms with Crippen molar-refractivity contribution in [3.63, 3.8) is 0 Å². The van der Waals surface area contributed by atoms with E-state index in [0.29, 0.717) is 5.92 Å². The van der Waals surface area contributed by atoms with Crippen molar-refractivity contribution < 1.29 is 5.11 Å². The predicted molar refractivity (Wildman–Crippen MR) is 43.8 cm³/mol. The third kappa shape index (κ3) is 0.827. The fourth-order valence-electron chi connectivity index (χ4n) is 2.78. The molecule has 0 saturated heterocycles. The van der Waals surface area contributed by atoms with Gasteiger partial charge in [0.05, 0.1) is 5.60 Å². The Balaban J connectivity index is 2.25. The van der Waals surface area contributed by atoms with Gasteiger partial charge in [-0.05, 0) is 31.6 Å². The molecule has 2 rings (SSSR count). The monoisotopic (exact) mass is 150 g/mol. The summed E-state index contributed by atoms with van der Waals surface area (Å²) in [6.45, 7) is 0. The molecule has 2 fully saturated rings. The van der Waals surface area contributed by atoms with Crippen molar-refractivity contribution in [1.29, 1.82) is 0 Å². The number of aliphatic hydroxyl groups is 1. The fourth-order valence-corrected chi connectivity index (χ4v) is 2.78. The van der Waals surface area contributed by atoms with Crippen molar-refractivity contribution in [2.24, 2.45) is 11.8 Å². The molecule has 0 radical (unpaired) electrons. The van der Waals surface area contributed by atoms with Crippen molar-refractivity contribution in [3.8, 4) is 12.3 Å². The lowest BCUT2D eigenvalue weighted by atomic mass is 9.87. The summed E-state index contributed by atoms with van der Waals surface area (Å²) in [6.07, 6.45) is 10.8. The van der Waals surface area contributed by atoms with Crippen molar-refractivity contribution in [3.05, 3.63) is 0 Å². The van der Waals surface area contributed by atoms with Gasteiger partial charge in [-0.25, -0.2) is 0 Å². The Morgan fingerprint density at radius 2 is 2.18 bits per heavy atom. The molecular weight excluding hydrogens is 136 g/mol. The van der Waals surface area contributed by atoms with Gasteiger partial charge in [-0.15, -0.1) is 12.3 Å². The molecular formula is C10H14O. The summed E-state index contributed by atoms with van der Waals surface area (Å²) in [5.74, 6) is 3.39. The van der Waals surface area contributed by atoms with E-state index in [1.165, 1.54) is 12.8 Å². The molecule has 2 saturated carbocycles. The smallest absolute Gasteiger partial charge is 0.0812 e. The van der Waals surface area contributed by atoms with E-state index in [2.05, 4.69) is 5.92 Å². The van der Waals surface area contributed by atoms with Crippen LogP contribution in [-0.2, 0) is 0 Å². The number of hydrogen-bond donors (Lipinski definition) is 1. The summed E-state index contributed by atoms with van der Waals surface area (Å²) in [5, 5.41) is 10.1. The van der Waals surface area contributed by atoms with Crippen LogP contribution in [0.4, 0.5) is 0 Å². The molecule has 3 atom stereocenters. The molecule has 2 aliphatic rings. The third-order valence-electron chi connectivity index (χ3n) is 3.45. The van der Waals surface area contributed by atoms with Crippen LogP contribution in [0.15, 0.2) is 0 Å². The van der Waals surface area contributed by atoms with Crippen LogP contribution in [0.5, 0.6) is 0 Å². The first-order chi connectivity index (χ1) is 5.27. The Kier molecular flexibility index (Phi) is 1.47. The minimum Gasteiger partial charge on any atom is -0.388 e. The summed E-state index contributed by atoms with van der Waals surface area (Å²) in [7, 11) is 0. The van der Waals surface area contributed by atoms with Crippen molar-refractivity contribution in [2.75, 3.05) is 0 Å². The minimum absolute atomic E-state index is 0.148. The molecule has 1 N–H and O–H groups in total. The van der Waals surface area contributed by atoms with E-state index in [1.807, 2.05) is 0 Å². The summed E-state index contributed by atoms with van der Waals surface area (Å²) >= 11 is 0. The first-order valence-electron chi connectivity index (χ1n) is 4.46. The molecule has 1 nitrogen and oxygen atoms in total. The molecule has 60 valence electrons. The van der Waals surface area contributed by atoms with Crippen LogP contribution in [0.1, 0.15) is 32.1 Å². The van der Waals surface area contributed by atoms with E-state index in [-0.39, 0.29) is 5.92 Å². The van der Waals surface area contributed by atoms with E-state index >= 15 is 0 Å². The van der Waals surface area contributed by atoms with E-state index in [4.69, 9.17) is 6.42 Å². The summed E-state index contributed by atoms with van der Waals surface area (Å²) in [5.41, 5.74) is -0.464. The zero-order chi connectivity index (χ0) is 7.90. The maximum absolute atomic E-state index is 10.1. The zero-order valence-corrected chi connectivity index (χ0v) is 6.71. The van der Waals surface area contributed by atoms with E-state index in [0.717, 1.165) is 19.3 Å². The standard InChI is InChI=1S/C10H14O/c1-2-8-5-6-9-4-3-7-10(8,9)11/h1,8-9,11H,3-7H2/t8-,9+,10+/m0/s1. The highest BCUT2D eigenvalue weighted by Crippen LogP contribution is 2.50. The fraction of sp³-hybridized carbons (Fsp3) is 0.800. The molecule has 0 bridgehead atoms. The molecule has 0 aliphatic heterocycles. The molecule has 0 aromatic carbocycles. The number of rotatable bonds is 0. The van der Waals surface area contributed by atoms with E-state index in [9.17, 15) is 5.11 Å². The molecule has 11 heavy (non-hydrogen) atoms. The second-order valence-electron chi connectivity index (χ2n) is 3.88. The topological polar surface area (TPSA) is 20.2 Å². The number of hydrogen-bond acceptors (Lipinski definition) is 1. The van der Waals surface area contributed by atoms with Gasteiger partial charge in [0.1, 0.15) is 0 Å². The number of terminal acetylenes is 1. The lowest BCUT2D eigenvalue weighted by Gasteiger charge is -2.26. The maximum Gasteiger partial charge on any atom is 0.0812 e. The molecule has 0 aromatic rings. The quantitative estimate of drug-likeness (QED) is 0.519. The van der Waals surface area contributed by atoms with Gasteiger partial charge in [-0.1, -0.05) is 6.42 Å². The SMILES string of the molecule is C#C[C@H]1CC[C@H]2CCC[C@]21O. The van der Waals surface area contributed by atoms with Gasteiger partial charge in [0.2, 0.25) is 0 Å². The molecule has 0 unspecified atom stereocenters. The first kappa shape index (κ1) is 7.18. The normalized spacial score (nSPS) is 48.7. The lowest BCUT2D eigenvalue weighted by Crippen LogP contribution is -2.34. The van der Waals surface area contributed by atoms with Crippen LogP contribution < -0.4 is 0 Å². The zero-order valence-electron chi connectivity index (χ0n) is 6.71. The highest BCUT2D eigenvalue weighted by atomic mass is 16.3. The Morgan fingerprint density at radius 3 is 2.91 bits per heavy atom. The van der Waals surface area contributed by atoms with Crippen molar-refractivity contribution in [2.45, 2.75) is 37.7 Å². The van der Waals surface area contributed by atoms with Crippen LogP contribution in [0, 0.1) is 24.2 Å². The highest BCUT2D eigenvalue weighted by Gasteiger charge is 2.50. The second-order valence-corrected chi connectivity index (χ2v) is 3.88. The van der Waals surface area contributed by atoms with Gasteiger partial charge >= 0.3 is 0 Å². The molecule has 0 heterocycles. The van der Waals surface area contributed by atoms with Gasteiger partial charge in [0.15, 0.2) is 0 Å². The summed E-state index contributed by atoms with van der Waals surface area (Å²) in [4.78, 5) is 0. The molecule has 1 heteroatoms. The minimum atomic E-state index is -0.464. The first-order valence-corrected chi connectivity index (χ1v) is 4.46. The van der Waals surface area contributed by atoms with Gasteiger partial charge in [0, 0.05) is 5.92 Å². The summed E-state index contributed by atoms with van der Waals surface area (Å²) < 4.78 is 0. The Morgan fingerprint density at radius 1 is 1.36 bits per heavy atom.